The third kappa shape index (κ3) is 4.49. The summed E-state index contributed by atoms with van der Waals surface area (Å²) in [6.07, 6.45) is -2.15. The van der Waals surface area contributed by atoms with Gasteiger partial charge in [-0.05, 0) is 42.7 Å². The Hall–Kier alpha value is -2.35. The standard InChI is InChI=1S/C24H28BrN3O3/c1-14(16-7-9-17(25)10-8-16)26-15(2)22(29)23(30)24(31)28-12-11-21-19(13-28)18-5-3-4-6-20(18)27-21/h3-10,14,19,21-23,26-27,29-30H,2,11-13H2,1H3. The molecule has 31 heavy (non-hydrogen) atoms. The Bertz CT molecular complexity index is 965. The highest BCUT2D eigenvalue weighted by Gasteiger charge is 2.40. The number of nitrogens with one attached hydrogen (secondary N) is 2. The molecule has 5 unspecified atom stereocenters. The molecule has 5 atom stereocenters. The molecule has 1 fully saturated rings. The number of carbonyl (C=O) groups is 1. The van der Waals surface area contributed by atoms with Crippen LogP contribution in [0.15, 0.2) is 65.3 Å². The summed E-state index contributed by atoms with van der Waals surface area (Å²) in [5.41, 5.74) is 3.55. The summed E-state index contributed by atoms with van der Waals surface area (Å²) in [6, 6.07) is 16.1. The monoisotopic (exact) mass is 485 g/mol. The number of carbonyl (C=O) groups excluding carboxylic acids is 1. The van der Waals surface area contributed by atoms with Crippen LogP contribution < -0.4 is 10.6 Å². The van der Waals surface area contributed by atoms with Gasteiger partial charge < -0.3 is 25.7 Å². The number of hydrogen-bond acceptors (Lipinski definition) is 5. The minimum atomic E-state index is -1.56. The van der Waals surface area contributed by atoms with Crippen LogP contribution >= 0.6 is 15.9 Å². The molecule has 0 saturated carbocycles. The zero-order valence-corrected chi connectivity index (χ0v) is 19.0. The van der Waals surface area contributed by atoms with Crippen molar-refractivity contribution in [3.05, 3.63) is 76.4 Å². The summed E-state index contributed by atoms with van der Waals surface area (Å²) < 4.78 is 0.979. The maximum Gasteiger partial charge on any atom is 0.254 e. The molecule has 6 nitrogen and oxygen atoms in total. The molecule has 7 heteroatoms. The number of fused-ring (bicyclic) bond motifs is 3. The number of anilines is 1. The fourth-order valence-electron chi connectivity index (χ4n) is 4.50. The number of piperidine rings is 1. The van der Waals surface area contributed by atoms with E-state index in [2.05, 4.69) is 45.3 Å². The van der Waals surface area contributed by atoms with Crippen molar-refractivity contribution < 1.29 is 15.0 Å². The molecule has 0 bridgehead atoms. The van der Waals surface area contributed by atoms with Gasteiger partial charge in [0.25, 0.3) is 5.91 Å². The summed E-state index contributed by atoms with van der Waals surface area (Å²) in [5.74, 6) is -0.272. The first kappa shape index (κ1) is 21.9. The molecule has 2 heterocycles. The van der Waals surface area contributed by atoms with Gasteiger partial charge in [0.1, 0.15) is 6.10 Å². The fraction of sp³-hybridized carbons (Fsp3) is 0.375. The van der Waals surface area contributed by atoms with Crippen LogP contribution in [0.4, 0.5) is 5.69 Å². The molecule has 4 N–H and O–H groups in total. The van der Waals surface area contributed by atoms with Crippen molar-refractivity contribution in [2.45, 2.75) is 43.6 Å². The number of halogens is 1. The van der Waals surface area contributed by atoms with Gasteiger partial charge in [-0.3, -0.25) is 4.79 Å². The number of para-hydroxylation sites is 1. The molecule has 1 saturated heterocycles. The first-order valence-corrected chi connectivity index (χ1v) is 11.4. The van der Waals surface area contributed by atoms with Crippen LogP contribution in [0.1, 0.15) is 36.4 Å². The molecule has 4 rings (SSSR count). The van der Waals surface area contributed by atoms with Gasteiger partial charge in [-0.15, -0.1) is 0 Å². The van der Waals surface area contributed by atoms with E-state index in [0.29, 0.717) is 19.1 Å². The molecule has 0 spiro atoms. The van der Waals surface area contributed by atoms with Gasteiger partial charge in [0.05, 0.1) is 0 Å². The minimum absolute atomic E-state index is 0.130. The topological polar surface area (TPSA) is 84.8 Å². The van der Waals surface area contributed by atoms with E-state index in [1.807, 2.05) is 43.3 Å². The van der Waals surface area contributed by atoms with Crippen molar-refractivity contribution in [2.24, 2.45) is 0 Å². The van der Waals surface area contributed by atoms with Crippen LogP contribution in [0.25, 0.3) is 0 Å². The minimum Gasteiger partial charge on any atom is -0.384 e. The maximum atomic E-state index is 13.0. The van der Waals surface area contributed by atoms with Crippen LogP contribution in [-0.2, 0) is 4.79 Å². The van der Waals surface area contributed by atoms with Crippen molar-refractivity contribution in [3.63, 3.8) is 0 Å². The average molecular weight is 486 g/mol. The SMILES string of the molecule is C=C(NC(C)c1ccc(Br)cc1)C(O)C(O)C(=O)N1CCC2Nc3ccccc3C2C1. The molecular formula is C24H28BrN3O3. The van der Waals surface area contributed by atoms with E-state index < -0.39 is 18.1 Å². The number of hydrogen-bond donors (Lipinski definition) is 4. The van der Waals surface area contributed by atoms with E-state index in [4.69, 9.17) is 0 Å². The average Bonchev–Trinajstić information content (AvgIpc) is 3.15. The number of aliphatic hydroxyl groups is 2. The predicted octanol–water partition coefficient (Wildman–Crippen LogP) is 3.15. The molecule has 1 amide bonds. The van der Waals surface area contributed by atoms with E-state index in [9.17, 15) is 15.0 Å². The van der Waals surface area contributed by atoms with Crippen LogP contribution in [-0.4, -0.2) is 52.4 Å². The summed E-state index contributed by atoms with van der Waals surface area (Å²) >= 11 is 3.41. The van der Waals surface area contributed by atoms with E-state index in [1.165, 1.54) is 5.56 Å². The van der Waals surface area contributed by atoms with Crippen molar-refractivity contribution in [2.75, 3.05) is 18.4 Å². The van der Waals surface area contributed by atoms with E-state index in [0.717, 1.165) is 22.1 Å². The number of likely N-dealkylation sites (tertiary alicyclic amines) is 1. The van der Waals surface area contributed by atoms with Gasteiger partial charge in [0.15, 0.2) is 6.10 Å². The van der Waals surface area contributed by atoms with Gasteiger partial charge >= 0.3 is 0 Å². The van der Waals surface area contributed by atoms with Gasteiger partial charge in [-0.2, -0.15) is 0 Å². The van der Waals surface area contributed by atoms with E-state index in [-0.39, 0.29) is 17.7 Å². The second kappa shape index (κ2) is 9.02. The van der Waals surface area contributed by atoms with E-state index >= 15 is 0 Å². The van der Waals surface area contributed by atoms with Crippen LogP contribution in [0.3, 0.4) is 0 Å². The Morgan fingerprint density at radius 3 is 2.65 bits per heavy atom. The molecule has 2 aliphatic rings. The summed E-state index contributed by atoms with van der Waals surface area (Å²) in [4.78, 5) is 14.6. The van der Waals surface area contributed by atoms with Crippen LogP contribution in [0.2, 0.25) is 0 Å². The highest BCUT2D eigenvalue weighted by molar-refractivity contribution is 9.10. The largest absolute Gasteiger partial charge is 0.384 e. The first-order valence-electron chi connectivity index (χ1n) is 10.6. The van der Waals surface area contributed by atoms with E-state index in [1.54, 1.807) is 4.90 Å². The number of rotatable bonds is 6. The smallest absolute Gasteiger partial charge is 0.254 e. The molecule has 0 radical (unpaired) electrons. The Morgan fingerprint density at radius 2 is 1.90 bits per heavy atom. The molecule has 0 aliphatic carbocycles. The van der Waals surface area contributed by atoms with Crippen molar-refractivity contribution in [1.82, 2.24) is 10.2 Å². The molecule has 2 aromatic carbocycles. The maximum absolute atomic E-state index is 13.0. The Labute approximate surface area is 191 Å². The van der Waals surface area contributed by atoms with Gasteiger partial charge in [-0.25, -0.2) is 0 Å². The van der Waals surface area contributed by atoms with Gasteiger partial charge in [0, 0.05) is 46.9 Å². The van der Waals surface area contributed by atoms with Crippen molar-refractivity contribution in [3.8, 4) is 0 Å². The lowest BCUT2D eigenvalue weighted by atomic mass is 9.89. The number of nitrogens with zero attached hydrogens (tertiary/aromatic N) is 1. The number of aliphatic hydroxyl groups excluding tert-OH is 2. The highest BCUT2D eigenvalue weighted by Crippen LogP contribution is 2.40. The van der Waals surface area contributed by atoms with Crippen LogP contribution in [0, 0.1) is 0 Å². The summed E-state index contributed by atoms with van der Waals surface area (Å²) in [7, 11) is 0. The Morgan fingerprint density at radius 1 is 1.19 bits per heavy atom. The lowest BCUT2D eigenvalue weighted by Gasteiger charge is -2.37. The lowest BCUT2D eigenvalue weighted by molar-refractivity contribution is -0.146. The zero-order valence-electron chi connectivity index (χ0n) is 17.5. The number of benzene rings is 2. The fourth-order valence-corrected chi connectivity index (χ4v) is 4.77. The Kier molecular flexibility index (Phi) is 6.36. The molecule has 2 aromatic rings. The summed E-state index contributed by atoms with van der Waals surface area (Å²) in [6.45, 7) is 6.86. The first-order chi connectivity index (χ1) is 14.8. The quantitative estimate of drug-likeness (QED) is 0.504. The molecule has 2 aliphatic heterocycles. The van der Waals surface area contributed by atoms with Gasteiger partial charge in [0.2, 0.25) is 0 Å². The van der Waals surface area contributed by atoms with Crippen molar-refractivity contribution in [1.29, 1.82) is 0 Å². The number of amides is 1. The molecule has 0 aromatic heterocycles. The lowest BCUT2D eigenvalue weighted by Crippen LogP contribution is -2.52. The highest BCUT2D eigenvalue weighted by atomic mass is 79.9. The van der Waals surface area contributed by atoms with Gasteiger partial charge in [-0.1, -0.05) is 52.8 Å². The predicted molar refractivity (Wildman–Crippen MR) is 125 cm³/mol. The Balaban J connectivity index is 1.37. The molecule has 164 valence electrons. The second-order valence-electron chi connectivity index (χ2n) is 8.35. The summed E-state index contributed by atoms with van der Waals surface area (Å²) in [5, 5.41) is 27.8. The molecular weight excluding hydrogens is 458 g/mol. The van der Waals surface area contributed by atoms with Crippen molar-refractivity contribution >= 4 is 27.5 Å². The third-order valence-corrected chi connectivity index (χ3v) is 6.84. The normalized spacial score (nSPS) is 22.5. The third-order valence-electron chi connectivity index (χ3n) is 6.31. The second-order valence-corrected chi connectivity index (χ2v) is 9.27. The zero-order chi connectivity index (χ0) is 22.1. The van der Waals surface area contributed by atoms with Crippen LogP contribution in [0.5, 0.6) is 0 Å².